The van der Waals surface area contributed by atoms with E-state index in [0.717, 1.165) is 12.8 Å². The summed E-state index contributed by atoms with van der Waals surface area (Å²) in [6.07, 6.45) is 2.05. The van der Waals surface area contributed by atoms with Crippen molar-refractivity contribution in [2.24, 2.45) is 11.1 Å². The fourth-order valence-electron chi connectivity index (χ4n) is 1.44. The summed E-state index contributed by atoms with van der Waals surface area (Å²) >= 11 is 0. The lowest BCUT2D eigenvalue weighted by atomic mass is 10.1. The maximum absolute atomic E-state index is 11.5. The number of nitrogens with two attached hydrogens (primary N) is 1. The molecule has 0 bridgehead atoms. The minimum atomic E-state index is -1.18. The van der Waals surface area contributed by atoms with Crippen molar-refractivity contribution in [2.45, 2.75) is 38.6 Å². The van der Waals surface area contributed by atoms with Crippen molar-refractivity contribution in [3.63, 3.8) is 0 Å². The number of carbonyl (C=O) groups excluding carboxylic acids is 2. The number of amides is 3. The second-order valence-corrected chi connectivity index (χ2v) is 5.03. The Bertz CT molecular complexity index is 352. The number of hydrogen-bond donors (Lipinski definition) is 4. The Morgan fingerprint density at radius 2 is 2.00 bits per heavy atom. The lowest BCUT2D eigenvalue weighted by Crippen LogP contribution is -2.47. The first-order valence-corrected chi connectivity index (χ1v) is 5.88. The molecule has 1 aliphatic carbocycles. The fourth-order valence-corrected chi connectivity index (χ4v) is 1.44. The number of rotatable bonds is 7. The van der Waals surface area contributed by atoms with E-state index in [1.54, 1.807) is 0 Å². The van der Waals surface area contributed by atoms with E-state index in [9.17, 15) is 14.4 Å². The molecule has 0 spiro atoms. The predicted molar refractivity (Wildman–Crippen MR) is 63.7 cm³/mol. The van der Waals surface area contributed by atoms with Gasteiger partial charge in [0.15, 0.2) is 0 Å². The Morgan fingerprint density at radius 1 is 1.39 bits per heavy atom. The van der Waals surface area contributed by atoms with Crippen LogP contribution in [0.2, 0.25) is 0 Å². The number of carbonyl (C=O) groups is 3. The maximum Gasteiger partial charge on any atom is 0.326 e. The highest BCUT2D eigenvalue weighted by Crippen LogP contribution is 2.43. The molecule has 3 amide bonds. The van der Waals surface area contributed by atoms with Gasteiger partial charge in [0.25, 0.3) is 0 Å². The van der Waals surface area contributed by atoms with Crippen molar-refractivity contribution in [1.29, 1.82) is 0 Å². The van der Waals surface area contributed by atoms with Gasteiger partial charge in [-0.05, 0) is 24.7 Å². The fraction of sp³-hybridized carbons (Fsp3) is 0.727. The normalized spacial score (nSPS) is 17.6. The van der Waals surface area contributed by atoms with E-state index in [-0.39, 0.29) is 18.3 Å². The number of hydrogen-bond acceptors (Lipinski definition) is 3. The van der Waals surface area contributed by atoms with Gasteiger partial charge in [-0.25, -0.2) is 9.59 Å². The summed E-state index contributed by atoms with van der Waals surface area (Å²) in [5.74, 6) is -1.77. The van der Waals surface area contributed by atoms with Crippen molar-refractivity contribution in [3.05, 3.63) is 0 Å². The van der Waals surface area contributed by atoms with Crippen molar-refractivity contribution < 1.29 is 19.5 Å². The number of carboxylic acids is 1. The van der Waals surface area contributed by atoms with Crippen LogP contribution in [0, 0.1) is 5.41 Å². The van der Waals surface area contributed by atoms with E-state index in [4.69, 9.17) is 10.8 Å². The molecule has 0 aromatic carbocycles. The molecule has 0 unspecified atom stereocenters. The van der Waals surface area contributed by atoms with Gasteiger partial charge in [0.1, 0.15) is 6.04 Å². The summed E-state index contributed by atoms with van der Waals surface area (Å²) in [5, 5.41) is 13.8. The Morgan fingerprint density at radius 3 is 2.44 bits per heavy atom. The van der Waals surface area contributed by atoms with Crippen LogP contribution in [-0.2, 0) is 9.59 Å². The summed E-state index contributed by atoms with van der Waals surface area (Å²) in [6.45, 7) is 2.58. The third-order valence-electron chi connectivity index (χ3n) is 3.06. The van der Waals surface area contributed by atoms with Crippen LogP contribution in [0.4, 0.5) is 4.79 Å². The number of primary amides is 1. The molecule has 102 valence electrons. The summed E-state index contributed by atoms with van der Waals surface area (Å²) in [5.41, 5.74) is 5.09. The van der Waals surface area contributed by atoms with Gasteiger partial charge >= 0.3 is 12.0 Å². The zero-order chi connectivity index (χ0) is 13.8. The first kappa shape index (κ1) is 14.3. The maximum atomic E-state index is 11.5. The van der Waals surface area contributed by atoms with Crippen LogP contribution in [0.15, 0.2) is 0 Å². The molecule has 1 rings (SSSR count). The smallest absolute Gasteiger partial charge is 0.326 e. The van der Waals surface area contributed by atoms with E-state index in [1.807, 2.05) is 0 Å². The van der Waals surface area contributed by atoms with E-state index in [1.165, 1.54) is 0 Å². The molecule has 0 aliphatic heterocycles. The highest BCUT2D eigenvalue weighted by atomic mass is 16.4. The second kappa shape index (κ2) is 5.70. The molecule has 7 nitrogen and oxygen atoms in total. The van der Waals surface area contributed by atoms with Crippen LogP contribution >= 0.6 is 0 Å². The highest BCUT2D eigenvalue weighted by Gasteiger charge is 2.37. The quantitative estimate of drug-likeness (QED) is 0.504. The molecule has 0 heterocycles. The summed E-state index contributed by atoms with van der Waals surface area (Å²) < 4.78 is 0. The number of carboxylic acid groups (broad SMARTS) is 1. The standard InChI is InChI=1S/C11H19N3O4/c1-11(4-5-11)6-13-10(18)14-7(9(16)17)2-3-8(12)15/h7H,2-6H2,1H3,(H2,12,15)(H,16,17)(H2,13,14,18)/t7-/m0/s1. The van der Waals surface area contributed by atoms with Crippen LogP contribution in [0.5, 0.6) is 0 Å². The molecular weight excluding hydrogens is 238 g/mol. The minimum Gasteiger partial charge on any atom is -0.480 e. The van der Waals surface area contributed by atoms with Gasteiger partial charge in [-0.1, -0.05) is 6.92 Å². The molecule has 18 heavy (non-hydrogen) atoms. The number of aliphatic carboxylic acids is 1. The largest absolute Gasteiger partial charge is 0.480 e. The molecular formula is C11H19N3O4. The lowest BCUT2D eigenvalue weighted by molar-refractivity contribution is -0.139. The van der Waals surface area contributed by atoms with Crippen LogP contribution in [0.25, 0.3) is 0 Å². The molecule has 5 N–H and O–H groups in total. The van der Waals surface area contributed by atoms with Gasteiger partial charge in [-0.2, -0.15) is 0 Å². The van der Waals surface area contributed by atoms with E-state index >= 15 is 0 Å². The average molecular weight is 257 g/mol. The predicted octanol–water partition coefficient (Wildman–Crippen LogP) is -0.196. The van der Waals surface area contributed by atoms with Crippen LogP contribution in [0.1, 0.15) is 32.6 Å². The molecule has 1 atom stereocenters. The minimum absolute atomic E-state index is 0.00461. The second-order valence-electron chi connectivity index (χ2n) is 5.03. The zero-order valence-corrected chi connectivity index (χ0v) is 10.4. The zero-order valence-electron chi connectivity index (χ0n) is 10.4. The van der Waals surface area contributed by atoms with Gasteiger partial charge in [0, 0.05) is 13.0 Å². The molecule has 0 aromatic heterocycles. The van der Waals surface area contributed by atoms with Gasteiger partial charge in [0.2, 0.25) is 5.91 Å². The molecule has 0 aromatic rings. The van der Waals surface area contributed by atoms with Crippen molar-refractivity contribution in [1.82, 2.24) is 10.6 Å². The third-order valence-corrected chi connectivity index (χ3v) is 3.06. The highest BCUT2D eigenvalue weighted by molar-refractivity contribution is 5.83. The average Bonchev–Trinajstić information content (AvgIpc) is 3.00. The molecule has 7 heteroatoms. The van der Waals surface area contributed by atoms with Gasteiger partial charge in [-0.15, -0.1) is 0 Å². The number of nitrogens with one attached hydrogen (secondary N) is 2. The third kappa shape index (κ3) is 5.03. The Balaban J connectivity index is 2.32. The lowest BCUT2D eigenvalue weighted by Gasteiger charge is -2.16. The molecule has 1 aliphatic rings. The van der Waals surface area contributed by atoms with Crippen molar-refractivity contribution in [2.75, 3.05) is 6.54 Å². The molecule has 0 saturated heterocycles. The van der Waals surface area contributed by atoms with Crippen LogP contribution < -0.4 is 16.4 Å². The Hall–Kier alpha value is -1.79. The monoisotopic (exact) mass is 257 g/mol. The molecule has 1 fully saturated rings. The van der Waals surface area contributed by atoms with Gasteiger partial charge in [0.05, 0.1) is 0 Å². The summed E-state index contributed by atoms with van der Waals surface area (Å²) in [7, 11) is 0. The molecule has 0 radical (unpaired) electrons. The first-order chi connectivity index (χ1) is 8.32. The molecule has 1 saturated carbocycles. The van der Waals surface area contributed by atoms with E-state index < -0.39 is 23.9 Å². The van der Waals surface area contributed by atoms with E-state index in [0.29, 0.717) is 6.54 Å². The Labute approximate surface area is 105 Å². The van der Waals surface area contributed by atoms with Gasteiger partial charge in [-0.3, -0.25) is 4.79 Å². The van der Waals surface area contributed by atoms with Crippen molar-refractivity contribution >= 4 is 17.9 Å². The van der Waals surface area contributed by atoms with Crippen LogP contribution in [-0.4, -0.2) is 35.6 Å². The summed E-state index contributed by atoms with van der Waals surface area (Å²) in [4.78, 5) is 32.9. The number of urea groups is 1. The van der Waals surface area contributed by atoms with Gasteiger partial charge < -0.3 is 21.5 Å². The van der Waals surface area contributed by atoms with Crippen molar-refractivity contribution in [3.8, 4) is 0 Å². The first-order valence-electron chi connectivity index (χ1n) is 5.88. The summed E-state index contributed by atoms with van der Waals surface area (Å²) in [6, 6.07) is -1.62. The van der Waals surface area contributed by atoms with Crippen LogP contribution in [0.3, 0.4) is 0 Å². The topological polar surface area (TPSA) is 122 Å². The Kier molecular flexibility index (Phi) is 4.52. The van der Waals surface area contributed by atoms with E-state index in [2.05, 4.69) is 17.6 Å². The SMILES string of the molecule is CC1(CNC(=O)N[C@@H](CCC(N)=O)C(=O)O)CC1.